The van der Waals surface area contributed by atoms with Crippen molar-refractivity contribution in [3.05, 3.63) is 34.1 Å². The third-order valence-electron chi connectivity index (χ3n) is 4.12. The van der Waals surface area contributed by atoms with Crippen molar-refractivity contribution in [3.63, 3.8) is 0 Å². The number of hydrogen-bond acceptors (Lipinski definition) is 3. The molecule has 1 aliphatic carbocycles. The molecule has 1 saturated heterocycles. The number of pyridine rings is 1. The van der Waals surface area contributed by atoms with Crippen LogP contribution in [0.2, 0.25) is 0 Å². The molecule has 1 N–H and O–H groups in total. The fraction of sp³-hybridized carbons (Fsp3) is 0.467. The minimum atomic E-state index is 0.442. The molecule has 0 saturated carbocycles. The largest absolute Gasteiger partial charge is 0.310 e. The molecular weight excluding hydrogens is 302 g/mol. The SMILES string of the molecule is N#Cc1cc(C2=CCC[C@@H]3CCCN[C@H]23)cnc1Br. The molecule has 3 rings (SSSR count). The van der Waals surface area contributed by atoms with Gasteiger partial charge in [0.15, 0.2) is 0 Å². The summed E-state index contributed by atoms with van der Waals surface area (Å²) in [6.45, 7) is 1.09. The summed E-state index contributed by atoms with van der Waals surface area (Å²) in [5, 5.41) is 12.7. The van der Waals surface area contributed by atoms with Gasteiger partial charge in [0.25, 0.3) is 0 Å². The zero-order chi connectivity index (χ0) is 13.2. The molecule has 0 bridgehead atoms. The Balaban J connectivity index is 1.96. The van der Waals surface area contributed by atoms with Gasteiger partial charge in [-0.2, -0.15) is 5.26 Å². The van der Waals surface area contributed by atoms with Crippen LogP contribution in [-0.4, -0.2) is 17.6 Å². The average molecular weight is 318 g/mol. The number of rotatable bonds is 1. The van der Waals surface area contributed by atoms with Gasteiger partial charge < -0.3 is 5.32 Å². The minimum Gasteiger partial charge on any atom is -0.310 e. The molecule has 1 aromatic rings. The van der Waals surface area contributed by atoms with E-state index in [2.05, 4.69) is 38.4 Å². The van der Waals surface area contributed by atoms with Crippen molar-refractivity contribution in [2.75, 3.05) is 6.54 Å². The van der Waals surface area contributed by atoms with Crippen LogP contribution in [0.3, 0.4) is 0 Å². The van der Waals surface area contributed by atoms with Gasteiger partial charge in [0.05, 0.1) is 5.56 Å². The third kappa shape index (κ3) is 2.45. The quantitative estimate of drug-likeness (QED) is 0.809. The molecule has 1 fully saturated rings. The van der Waals surface area contributed by atoms with Gasteiger partial charge in [0.1, 0.15) is 10.7 Å². The maximum Gasteiger partial charge on any atom is 0.123 e. The molecule has 4 heteroatoms. The Labute approximate surface area is 121 Å². The van der Waals surface area contributed by atoms with E-state index < -0.39 is 0 Å². The van der Waals surface area contributed by atoms with E-state index in [0.717, 1.165) is 24.4 Å². The normalized spacial score (nSPS) is 26.2. The van der Waals surface area contributed by atoms with Crippen molar-refractivity contribution in [1.82, 2.24) is 10.3 Å². The van der Waals surface area contributed by atoms with E-state index in [1.807, 2.05) is 12.3 Å². The molecule has 19 heavy (non-hydrogen) atoms. The maximum absolute atomic E-state index is 9.12. The highest BCUT2D eigenvalue weighted by Gasteiger charge is 2.30. The Morgan fingerprint density at radius 2 is 2.32 bits per heavy atom. The number of fused-ring (bicyclic) bond motifs is 1. The molecule has 2 aliphatic rings. The molecule has 98 valence electrons. The summed E-state index contributed by atoms with van der Waals surface area (Å²) in [5.41, 5.74) is 3.02. The first-order chi connectivity index (χ1) is 9.29. The number of nitriles is 1. The van der Waals surface area contributed by atoms with Crippen LogP contribution in [0.25, 0.3) is 5.57 Å². The summed E-state index contributed by atoms with van der Waals surface area (Å²) in [7, 11) is 0. The van der Waals surface area contributed by atoms with E-state index in [0.29, 0.717) is 16.2 Å². The summed E-state index contributed by atoms with van der Waals surface area (Å²) in [6.07, 6.45) is 9.17. The number of allylic oxidation sites excluding steroid dienone is 1. The molecule has 0 aromatic carbocycles. The van der Waals surface area contributed by atoms with Crippen molar-refractivity contribution in [3.8, 4) is 6.07 Å². The predicted molar refractivity (Wildman–Crippen MR) is 78.4 cm³/mol. The first-order valence-corrected chi connectivity index (χ1v) is 7.58. The van der Waals surface area contributed by atoms with Crippen LogP contribution in [0, 0.1) is 17.2 Å². The first-order valence-electron chi connectivity index (χ1n) is 6.79. The van der Waals surface area contributed by atoms with Crippen LogP contribution < -0.4 is 5.32 Å². The number of hydrogen-bond donors (Lipinski definition) is 1. The van der Waals surface area contributed by atoms with Gasteiger partial charge in [0, 0.05) is 12.2 Å². The van der Waals surface area contributed by atoms with Gasteiger partial charge in [0.2, 0.25) is 0 Å². The minimum absolute atomic E-state index is 0.442. The van der Waals surface area contributed by atoms with Gasteiger partial charge in [-0.1, -0.05) is 6.08 Å². The second-order valence-corrected chi connectivity index (χ2v) is 6.00. The van der Waals surface area contributed by atoms with E-state index in [1.54, 1.807) is 0 Å². The highest BCUT2D eigenvalue weighted by atomic mass is 79.9. The lowest BCUT2D eigenvalue weighted by atomic mass is 9.77. The molecule has 2 heterocycles. The predicted octanol–water partition coefficient (Wildman–Crippen LogP) is 3.26. The van der Waals surface area contributed by atoms with Crippen molar-refractivity contribution in [2.45, 2.75) is 31.7 Å². The monoisotopic (exact) mass is 317 g/mol. The Kier molecular flexibility index (Phi) is 3.67. The molecule has 0 unspecified atom stereocenters. The van der Waals surface area contributed by atoms with Crippen molar-refractivity contribution < 1.29 is 0 Å². The van der Waals surface area contributed by atoms with E-state index in [4.69, 9.17) is 5.26 Å². The highest BCUT2D eigenvalue weighted by Crippen LogP contribution is 2.36. The summed E-state index contributed by atoms with van der Waals surface area (Å²) >= 11 is 3.31. The lowest BCUT2D eigenvalue weighted by molar-refractivity contribution is 0.304. The van der Waals surface area contributed by atoms with Crippen molar-refractivity contribution in [1.29, 1.82) is 5.26 Å². The second kappa shape index (κ2) is 5.44. The van der Waals surface area contributed by atoms with E-state index in [1.165, 1.54) is 24.8 Å². The highest BCUT2D eigenvalue weighted by molar-refractivity contribution is 9.10. The van der Waals surface area contributed by atoms with Crippen LogP contribution in [0.4, 0.5) is 0 Å². The summed E-state index contributed by atoms with van der Waals surface area (Å²) in [5.74, 6) is 0.739. The fourth-order valence-electron chi connectivity index (χ4n) is 3.19. The van der Waals surface area contributed by atoms with Crippen LogP contribution in [0.15, 0.2) is 22.9 Å². The molecule has 1 aliphatic heterocycles. The van der Waals surface area contributed by atoms with Gasteiger partial charge in [-0.3, -0.25) is 0 Å². The number of nitrogens with zero attached hydrogens (tertiary/aromatic N) is 2. The molecular formula is C15H16BrN3. The fourth-order valence-corrected chi connectivity index (χ4v) is 3.50. The third-order valence-corrected chi connectivity index (χ3v) is 4.75. The standard InChI is InChI=1S/C15H16BrN3/c16-15-11(8-17)7-12(9-19-15)13-5-1-3-10-4-2-6-18-14(10)13/h5,7,9-10,14,18H,1-4,6H2/t10-,14+/m1/s1. The van der Waals surface area contributed by atoms with Crippen LogP contribution in [0.5, 0.6) is 0 Å². The van der Waals surface area contributed by atoms with Gasteiger partial charge >= 0.3 is 0 Å². The van der Waals surface area contributed by atoms with Gasteiger partial charge in [-0.15, -0.1) is 0 Å². The first kappa shape index (κ1) is 12.8. The molecule has 0 spiro atoms. The maximum atomic E-state index is 9.12. The molecule has 1 aromatic heterocycles. The van der Waals surface area contributed by atoms with Crippen molar-refractivity contribution in [2.24, 2.45) is 5.92 Å². The van der Waals surface area contributed by atoms with Crippen molar-refractivity contribution >= 4 is 21.5 Å². The summed E-state index contributed by atoms with van der Waals surface area (Å²) in [4.78, 5) is 4.29. The van der Waals surface area contributed by atoms with Gasteiger partial charge in [-0.25, -0.2) is 4.98 Å². The Bertz CT molecular complexity index is 559. The topological polar surface area (TPSA) is 48.7 Å². The zero-order valence-electron chi connectivity index (χ0n) is 10.7. The summed E-state index contributed by atoms with van der Waals surface area (Å²) < 4.78 is 0.628. The van der Waals surface area contributed by atoms with Crippen LogP contribution in [0.1, 0.15) is 36.8 Å². The number of nitrogens with one attached hydrogen (secondary N) is 1. The second-order valence-electron chi connectivity index (χ2n) is 5.25. The van der Waals surface area contributed by atoms with Gasteiger partial charge in [-0.05, 0) is 71.3 Å². The average Bonchev–Trinajstić information content (AvgIpc) is 2.47. The lowest BCUT2D eigenvalue weighted by Crippen LogP contribution is -2.43. The lowest BCUT2D eigenvalue weighted by Gasteiger charge is -2.37. The Morgan fingerprint density at radius 3 is 3.16 bits per heavy atom. The zero-order valence-corrected chi connectivity index (χ0v) is 12.3. The smallest absolute Gasteiger partial charge is 0.123 e. The van der Waals surface area contributed by atoms with E-state index in [-0.39, 0.29) is 0 Å². The number of piperidine rings is 1. The molecule has 3 nitrogen and oxygen atoms in total. The Hall–Kier alpha value is -1.18. The molecule has 2 atom stereocenters. The van der Waals surface area contributed by atoms with E-state index >= 15 is 0 Å². The van der Waals surface area contributed by atoms with E-state index in [9.17, 15) is 0 Å². The summed E-state index contributed by atoms with van der Waals surface area (Å²) in [6, 6.07) is 4.58. The number of aromatic nitrogens is 1. The van der Waals surface area contributed by atoms with Crippen LogP contribution >= 0.6 is 15.9 Å². The molecule has 0 radical (unpaired) electrons. The Morgan fingerprint density at radius 1 is 1.42 bits per heavy atom. The number of halogens is 1. The molecule has 0 amide bonds. The van der Waals surface area contributed by atoms with Crippen LogP contribution in [-0.2, 0) is 0 Å².